The van der Waals surface area contributed by atoms with Crippen molar-refractivity contribution in [1.82, 2.24) is 4.90 Å². The van der Waals surface area contributed by atoms with Crippen LogP contribution in [-0.4, -0.2) is 29.8 Å². The molecule has 2 amide bonds. The smallest absolute Gasteiger partial charge is 0.283 e. The van der Waals surface area contributed by atoms with Crippen LogP contribution in [0.3, 0.4) is 0 Å². The molecule has 0 saturated carbocycles. The van der Waals surface area contributed by atoms with Gasteiger partial charge in [0.25, 0.3) is 11.8 Å². The number of carbonyl (C=O) groups is 2. The molecule has 1 aromatic carbocycles. The van der Waals surface area contributed by atoms with Gasteiger partial charge in [-0.25, -0.2) is 9.29 Å². The maximum absolute atomic E-state index is 13.0. The lowest BCUT2D eigenvalue weighted by molar-refractivity contribution is -0.121. The van der Waals surface area contributed by atoms with E-state index in [4.69, 9.17) is 11.6 Å². The Kier molecular flexibility index (Phi) is 3.91. The standard InChI is InChI=1S/C16H16ClFN2O2/c1-10-3-2-8-19(9-10)14-13(17)15(21)20(16(14)22)12-6-4-11(18)5-7-12/h4-7,10H,2-3,8-9H2,1H3. The van der Waals surface area contributed by atoms with Crippen LogP contribution in [0.4, 0.5) is 10.1 Å². The molecular weight excluding hydrogens is 307 g/mol. The third-order valence-electron chi connectivity index (χ3n) is 4.06. The molecular formula is C16H16ClFN2O2. The lowest BCUT2D eigenvalue weighted by Gasteiger charge is -2.33. The minimum Gasteiger partial charge on any atom is -0.365 e. The monoisotopic (exact) mass is 322 g/mol. The summed E-state index contributed by atoms with van der Waals surface area (Å²) >= 11 is 6.13. The molecule has 2 heterocycles. The van der Waals surface area contributed by atoms with Gasteiger partial charge in [0.15, 0.2) is 0 Å². The molecule has 116 valence electrons. The molecule has 0 aromatic heterocycles. The van der Waals surface area contributed by atoms with Crippen molar-refractivity contribution >= 4 is 29.1 Å². The number of carbonyl (C=O) groups excluding carboxylic acids is 2. The number of halogens is 2. The molecule has 0 aliphatic carbocycles. The molecule has 0 radical (unpaired) electrons. The van der Waals surface area contributed by atoms with E-state index in [1.54, 1.807) is 0 Å². The number of anilines is 1. The van der Waals surface area contributed by atoms with Gasteiger partial charge in [-0.3, -0.25) is 9.59 Å². The van der Waals surface area contributed by atoms with Crippen molar-refractivity contribution in [3.8, 4) is 0 Å². The first kappa shape index (κ1) is 15.0. The van der Waals surface area contributed by atoms with E-state index in [1.165, 1.54) is 24.3 Å². The summed E-state index contributed by atoms with van der Waals surface area (Å²) in [5.74, 6) is -0.956. The zero-order valence-electron chi connectivity index (χ0n) is 12.2. The van der Waals surface area contributed by atoms with E-state index in [0.717, 1.165) is 17.7 Å². The second kappa shape index (κ2) is 5.72. The fourth-order valence-corrected chi connectivity index (χ4v) is 3.27. The van der Waals surface area contributed by atoms with Gasteiger partial charge in [-0.2, -0.15) is 0 Å². The van der Waals surface area contributed by atoms with Crippen LogP contribution >= 0.6 is 11.6 Å². The average molecular weight is 323 g/mol. The molecule has 0 N–H and O–H groups in total. The molecule has 1 fully saturated rings. The Morgan fingerprint density at radius 3 is 2.50 bits per heavy atom. The molecule has 1 aromatic rings. The van der Waals surface area contributed by atoms with Crippen molar-refractivity contribution in [3.63, 3.8) is 0 Å². The van der Waals surface area contributed by atoms with Crippen molar-refractivity contribution < 1.29 is 14.0 Å². The number of benzene rings is 1. The maximum Gasteiger partial charge on any atom is 0.283 e. The molecule has 2 aliphatic rings. The van der Waals surface area contributed by atoms with Crippen molar-refractivity contribution in [2.45, 2.75) is 19.8 Å². The first-order valence-electron chi connectivity index (χ1n) is 7.28. The fourth-order valence-electron chi connectivity index (χ4n) is 2.98. The molecule has 0 spiro atoms. The predicted molar refractivity (Wildman–Crippen MR) is 81.7 cm³/mol. The molecule has 4 nitrogen and oxygen atoms in total. The number of nitrogens with zero attached hydrogens (tertiary/aromatic N) is 2. The Bertz CT molecular complexity index is 657. The van der Waals surface area contributed by atoms with Crippen molar-refractivity contribution in [1.29, 1.82) is 0 Å². The lowest BCUT2D eigenvalue weighted by Crippen LogP contribution is -2.39. The first-order valence-corrected chi connectivity index (χ1v) is 7.66. The van der Waals surface area contributed by atoms with Crippen LogP contribution in [0.1, 0.15) is 19.8 Å². The van der Waals surface area contributed by atoms with Gasteiger partial charge in [-0.15, -0.1) is 0 Å². The summed E-state index contributed by atoms with van der Waals surface area (Å²) in [5.41, 5.74) is 0.595. The average Bonchev–Trinajstić information content (AvgIpc) is 2.71. The largest absolute Gasteiger partial charge is 0.365 e. The number of likely N-dealkylation sites (tertiary alicyclic amines) is 1. The zero-order chi connectivity index (χ0) is 15.9. The van der Waals surface area contributed by atoms with Gasteiger partial charge in [0, 0.05) is 13.1 Å². The quantitative estimate of drug-likeness (QED) is 0.786. The molecule has 3 rings (SSSR count). The molecule has 2 aliphatic heterocycles. The second-order valence-electron chi connectivity index (χ2n) is 5.78. The van der Waals surface area contributed by atoms with E-state index in [2.05, 4.69) is 6.92 Å². The number of piperidine rings is 1. The van der Waals surface area contributed by atoms with Gasteiger partial charge < -0.3 is 4.90 Å². The van der Waals surface area contributed by atoms with Gasteiger partial charge >= 0.3 is 0 Å². The van der Waals surface area contributed by atoms with Crippen LogP contribution in [0, 0.1) is 11.7 Å². The van der Waals surface area contributed by atoms with Gasteiger partial charge in [0.2, 0.25) is 0 Å². The summed E-state index contributed by atoms with van der Waals surface area (Å²) in [7, 11) is 0. The van der Waals surface area contributed by atoms with Crippen molar-refractivity contribution in [3.05, 3.63) is 40.8 Å². The lowest BCUT2D eigenvalue weighted by atomic mass is 10.00. The van der Waals surface area contributed by atoms with E-state index < -0.39 is 17.6 Å². The molecule has 1 atom stereocenters. The molecule has 1 saturated heterocycles. The van der Waals surface area contributed by atoms with Crippen LogP contribution < -0.4 is 4.90 Å². The van der Waals surface area contributed by atoms with Gasteiger partial charge in [-0.1, -0.05) is 18.5 Å². The molecule has 6 heteroatoms. The maximum atomic E-state index is 13.0. The normalized spacial score (nSPS) is 22.8. The Balaban J connectivity index is 1.91. The minimum absolute atomic E-state index is 0.0524. The van der Waals surface area contributed by atoms with Crippen LogP contribution in [0.5, 0.6) is 0 Å². The van der Waals surface area contributed by atoms with E-state index in [-0.39, 0.29) is 10.7 Å². The summed E-state index contributed by atoms with van der Waals surface area (Å²) in [6.45, 7) is 3.54. The van der Waals surface area contributed by atoms with Crippen LogP contribution in [0.25, 0.3) is 0 Å². The third-order valence-corrected chi connectivity index (χ3v) is 4.40. The van der Waals surface area contributed by atoms with E-state index in [0.29, 0.717) is 24.7 Å². The van der Waals surface area contributed by atoms with E-state index in [1.807, 2.05) is 4.90 Å². The molecule has 22 heavy (non-hydrogen) atoms. The Hall–Kier alpha value is -1.88. The van der Waals surface area contributed by atoms with Gasteiger partial charge in [-0.05, 0) is 43.0 Å². The van der Waals surface area contributed by atoms with Crippen LogP contribution in [0.2, 0.25) is 0 Å². The number of rotatable bonds is 2. The first-order chi connectivity index (χ1) is 10.5. The number of hydrogen-bond donors (Lipinski definition) is 0. The summed E-state index contributed by atoms with van der Waals surface area (Å²) in [4.78, 5) is 27.9. The van der Waals surface area contributed by atoms with Gasteiger partial charge in [0.05, 0.1) is 5.69 Å². The highest BCUT2D eigenvalue weighted by Crippen LogP contribution is 2.33. The summed E-state index contributed by atoms with van der Waals surface area (Å²) in [6.07, 6.45) is 2.07. The number of imide groups is 1. The van der Waals surface area contributed by atoms with Crippen LogP contribution in [-0.2, 0) is 9.59 Å². The summed E-state index contributed by atoms with van der Waals surface area (Å²) in [5, 5.41) is -0.0524. The highest BCUT2D eigenvalue weighted by atomic mass is 35.5. The summed E-state index contributed by atoms with van der Waals surface area (Å²) in [6, 6.07) is 5.23. The van der Waals surface area contributed by atoms with Gasteiger partial charge in [0.1, 0.15) is 16.5 Å². The van der Waals surface area contributed by atoms with Crippen LogP contribution in [0.15, 0.2) is 35.0 Å². The van der Waals surface area contributed by atoms with E-state index in [9.17, 15) is 14.0 Å². The number of amides is 2. The summed E-state index contributed by atoms with van der Waals surface area (Å²) < 4.78 is 13.0. The predicted octanol–water partition coefficient (Wildman–Crippen LogP) is 2.88. The fraction of sp³-hybridized carbons (Fsp3) is 0.375. The molecule has 1 unspecified atom stereocenters. The Morgan fingerprint density at radius 2 is 1.86 bits per heavy atom. The zero-order valence-corrected chi connectivity index (χ0v) is 12.9. The Morgan fingerprint density at radius 1 is 1.18 bits per heavy atom. The minimum atomic E-state index is -0.550. The van der Waals surface area contributed by atoms with Crippen molar-refractivity contribution in [2.24, 2.45) is 5.92 Å². The number of hydrogen-bond acceptors (Lipinski definition) is 3. The Labute approximate surface area is 133 Å². The van der Waals surface area contributed by atoms with E-state index >= 15 is 0 Å². The molecule has 0 bridgehead atoms. The topological polar surface area (TPSA) is 40.6 Å². The highest BCUT2D eigenvalue weighted by molar-refractivity contribution is 6.52. The highest BCUT2D eigenvalue weighted by Gasteiger charge is 2.41. The third kappa shape index (κ3) is 2.50. The van der Waals surface area contributed by atoms with Crippen molar-refractivity contribution in [2.75, 3.05) is 18.0 Å². The second-order valence-corrected chi connectivity index (χ2v) is 6.16. The SMILES string of the molecule is CC1CCCN(C2=C(Cl)C(=O)N(c3ccc(F)cc3)C2=O)C1.